The van der Waals surface area contributed by atoms with E-state index >= 15 is 0 Å². The summed E-state index contributed by atoms with van der Waals surface area (Å²) in [5.74, 6) is -2.05. The Labute approximate surface area is 125 Å². The minimum Gasteiger partial charge on any atom is -0.267 e. The number of amides is 1. The number of hydrazone groups is 1. The van der Waals surface area contributed by atoms with Gasteiger partial charge in [-0.3, -0.25) is 4.79 Å². The minimum absolute atomic E-state index is 0.0194. The number of hydrogen-bond donors (Lipinski definition) is 1. The Hall–Kier alpha value is -2.27. The Bertz CT molecular complexity index is 696. The number of carbonyl (C=O) groups is 1. The monoisotopic (exact) mass is 308 g/mol. The van der Waals surface area contributed by atoms with Gasteiger partial charge in [0.1, 0.15) is 11.6 Å². The van der Waals surface area contributed by atoms with Gasteiger partial charge in [-0.05, 0) is 31.2 Å². The summed E-state index contributed by atoms with van der Waals surface area (Å²) in [6, 6.07) is 9.90. The topological polar surface area (TPSA) is 41.5 Å². The van der Waals surface area contributed by atoms with Gasteiger partial charge in [0.15, 0.2) is 0 Å². The lowest BCUT2D eigenvalue weighted by molar-refractivity contribution is 0.0955. The molecule has 108 valence electrons. The first-order valence-electron chi connectivity index (χ1n) is 6.04. The van der Waals surface area contributed by atoms with Gasteiger partial charge in [-0.15, -0.1) is 0 Å². The maximum atomic E-state index is 13.6. The maximum Gasteiger partial charge on any atom is 0.272 e. The highest BCUT2D eigenvalue weighted by atomic mass is 35.5. The van der Waals surface area contributed by atoms with Crippen LogP contribution in [0.3, 0.4) is 0 Å². The summed E-state index contributed by atoms with van der Waals surface area (Å²) in [4.78, 5) is 11.9. The molecule has 0 radical (unpaired) electrons. The minimum atomic E-state index is -0.747. The van der Waals surface area contributed by atoms with Crippen molar-refractivity contribution in [2.45, 2.75) is 6.92 Å². The highest BCUT2D eigenvalue weighted by Crippen LogP contribution is 2.15. The molecule has 2 aromatic carbocycles. The van der Waals surface area contributed by atoms with E-state index in [4.69, 9.17) is 11.6 Å². The molecule has 0 unspecified atom stereocenters. The van der Waals surface area contributed by atoms with Gasteiger partial charge in [0.25, 0.3) is 5.91 Å². The molecule has 0 aromatic heterocycles. The van der Waals surface area contributed by atoms with E-state index < -0.39 is 17.5 Å². The number of nitrogens with zero attached hydrogens (tertiary/aromatic N) is 1. The summed E-state index contributed by atoms with van der Waals surface area (Å²) in [5.41, 5.74) is 2.19. The lowest BCUT2D eigenvalue weighted by atomic mass is 10.1. The van der Waals surface area contributed by atoms with E-state index in [1.54, 1.807) is 18.2 Å². The first-order valence-corrected chi connectivity index (χ1v) is 6.42. The summed E-state index contributed by atoms with van der Waals surface area (Å²) in [7, 11) is 0. The second-order valence-corrected chi connectivity index (χ2v) is 4.62. The largest absolute Gasteiger partial charge is 0.272 e. The van der Waals surface area contributed by atoms with E-state index in [2.05, 4.69) is 10.5 Å². The van der Waals surface area contributed by atoms with E-state index in [0.717, 1.165) is 12.1 Å². The maximum absolute atomic E-state index is 13.6. The molecule has 0 aliphatic heterocycles. The van der Waals surface area contributed by atoms with Crippen molar-refractivity contribution < 1.29 is 13.6 Å². The molecule has 6 heteroatoms. The van der Waals surface area contributed by atoms with E-state index in [0.29, 0.717) is 0 Å². The SMILES string of the molecule is C/C(=N/NC(=O)c1ccccc1Cl)c1c(F)cccc1F. The number of benzene rings is 2. The second kappa shape index (κ2) is 6.45. The van der Waals surface area contributed by atoms with Crippen LogP contribution in [-0.2, 0) is 0 Å². The number of carbonyl (C=O) groups excluding carboxylic acids is 1. The standard InChI is InChI=1S/C15H11ClF2N2O/c1-9(14-12(17)7-4-8-13(14)18)19-20-15(21)10-5-2-3-6-11(10)16/h2-8H,1H3,(H,20,21)/b19-9-. The zero-order valence-electron chi connectivity index (χ0n) is 11.0. The molecule has 0 aliphatic rings. The molecule has 1 N–H and O–H groups in total. The lowest BCUT2D eigenvalue weighted by Crippen LogP contribution is -2.20. The molecule has 0 bridgehead atoms. The molecule has 2 rings (SSSR count). The van der Waals surface area contributed by atoms with E-state index in [1.807, 2.05) is 0 Å². The van der Waals surface area contributed by atoms with Gasteiger partial charge >= 0.3 is 0 Å². The molecular weight excluding hydrogens is 298 g/mol. The molecule has 0 saturated heterocycles. The molecule has 1 amide bonds. The van der Waals surface area contributed by atoms with E-state index in [1.165, 1.54) is 19.1 Å². The first kappa shape index (κ1) is 15.1. The summed E-state index contributed by atoms with van der Waals surface area (Å²) < 4.78 is 27.1. The molecule has 3 nitrogen and oxygen atoms in total. The third kappa shape index (κ3) is 3.44. The Kier molecular flexibility index (Phi) is 4.65. The molecule has 2 aromatic rings. The van der Waals surface area contributed by atoms with Crippen molar-refractivity contribution in [2.75, 3.05) is 0 Å². The number of nitrogens with one attached hydrogen (secondary N) is 1. The summed E-state index contributed by atoms with van der Waals surface area (Å²) in [6.45, 7) is 1.40. The van der Waals surface area contributed by atoms with Gasteiger partial charge in [-0.25, -0.2) is 14.2 Å². The Morgan fingerprint density at radius 3 is 2.33 bits per heavy atom. The number of hydrogen-bond acceptors (Lipinski definition) is 2. The van der Waals surface area contributed by atoms with Crippen LogP contribution in [0.15, 0.2) is 47.6 Å². The van der Waals surface area contributed by atoms with Crippen LogP contribution in [0.4, 0.5) is 8.78 Å². The van der Waals surface area contributed by atoms with E-state index in [9.17, 15) is 13.6 Å². The zero-order valence-corrected chi connectivity index (χ0v) is 11.8. The Morgan fingerprint density at radius 1 is 1.10 bits per heavy atom. The quantitative estimate of drug-likeness (QED) is 0.680. The molecule has 0 saturated carbocycles. The van der Waals surface area contributed by atoms with Gasteiger partial charge in [-0.1, -0.05) is 29.8 Å². The van der Waals surface area contributed by atoms with Crippen LogP contribution in [0.25, 0.3) is 0 Å². The van der Waals surface area contributed by atoms with Gasteiger partial charge in [0.2, 0.25) is 0 Å². The highest BCUT2D eigenvalue weighted by Gasteiger charge is 2.13. The number of rotatable bonds is 3. The van der Waals surface area contributed by atoms with Crippen LogP contribution >= 0.6 is 11.6 Å². The fraction of sp³-hybridized carbons (Fsp3) is 0.0667. The van der Waals surface area contributed by atoms with Crippen LogP contribution in [0.2, 0.25) is 5.02 Å². The second-order valence-electron chi connectivity index (χ2n) is 4.21. The zero-order chi connectivity index (χ0) is 15.4. The molecular formula is C15H11ClF2N2O. The third-order valence-corrected chi connectivity index (χ3v) is 3.10. The summed E-state index contributed by atoms with van der Waals surface area (Å²) in [6.07, 6.45) is 0. The van der Waals surface area contributed by atoms with Gasteiger partial charge in [0.05, 0.1) is 21.9 Å². The van der Waals surface area contributed by atoms with Crippen molar-refractivity contribution in [2.24, 2.45) is 5.10 Å². The molecule has 0 fully saturated rings. The fourth-order valence-corrected chi connectivity index (χ4v) is 1.96. The van der Waals surface area contributed by atoms with Crippen LogP contribution in [0.1, 0.15) is 22.8 Å². The van der Waals surface area contributed by atoms with Crippen molar-refractivity contribution in [1.82, 2.24) is 5.43 Å². The van der Waals surface area contributed by atoms with Crippen LogP contribution in [0, 0.1) is 11.6 Å². The average molecular weight is 309 g/mol. The fourth-order valence-electron chi connectivity index (χ4n) is 1.74. The normalized spacial score (nSPS) is 11.3. The van der Waals surface area contributed by atoms with Crippen LogP contribution in [-0.4, -0.2) is 11.6 Å². The van der Waals surface area contributed by atoms with Crippen LogP contribution in [0.5, 0.6) is 0 Å². The molecule has 21 heavy (non-hydrogen) atoms. The van der Waals surface area contributed by atoms with Crippen molar-refractivity contribution in [3.05, 3.63) is 70.2 Å². The lowest BCUT2D eigenvalue weighted by Gasteiger charge is -2.06. The number of halogens is 3. The predicted molar refractivity (Wildman–Crippen MR) is 77.5 cm³/mol. The van der Waals surface area contributed by atoms with Gasteiger partial charge < -0.3 is 0 Å². The van der Waals surface area contributed by atoms with Crippen LogP contribution < -0.4 is 5.43 Å². The van der Waals surface area contributed by atoms with Crippen molar-refractivity contribution in [3.8, 4) is 0 Å². The molecule has 0 spiro atoms. The van der Waals surface area contributed by atoms with Crippen molar-refractivity contribution in [3.63, 3.8) is 0 Å². The smallest absolute Gasteiger partial charge is 0.267 e. The average Bonchev–Trinajstić information content (AvgIpc) is 2.45. The molecule has 0 atom stereocenters. The molecule has 0 heterocycles. The summed E-state index contributed by atoms with van der Waals surface area (Å²) in [5, 5.41) is 3.98. The van der Waals surface area contributed by atoms with Gasteiger partial charge in [0, 0.05) is 0 Å². The summed E-state index contributed by atoms with van der Waals surface area (Å²) >= 11 is 5.87. The Morgan fingerprint density at radius 2 is 1.71 bits per heavy atom. The van der Waals surface area contributed by atoms with E-state index in [-0.39, 0.29) is 21.9 Å². The van der Waals surface area contributed by atoms with Gasteiger partial charge in [-0.2, -0.15) is 5.10 Å². The van der Waals surface area contributed by atoms with Crippen molar-refractivity contribution >= 4 is 23.2 Å². The van der Waals surface area contributed by atoms with Crippen molar-refractivity contribution in [1.29, 1.82) is 0 Å². The first-order chi connectivity index (χ1) is 10.0. The predicted octanol–water partition coefficient (Wildman–Crippen LogP) is 3.77. The highest BCUT2D eigenvalue weighted by molar-refractivity contribution is 6.33. The Balaban J connectivity index is 2.22. The molecule has 0 aliphatic carbocycles. The third-order valence-electron chi connectivity index (χ3n) is 2.77.